The summed E-state index contributed by atoms with van der Waals surface area (Å²) >= 11 is 0. The molecule has 1 fully saturated rings. The molecule has 0 spiro atoms. The highest BCUT2D eigenvalue weighted by atomic mass is 19.1. The molecule has 0 amide bonds. The van der Waals surface area contributed by atoms with E-state index in [1.54, 1.807) is 6.07 Å². The van der Waals surface area contributed by atoms with Crippen LogP contribution in [0.15, 0.2) is 24.3 Å². The highest BCUT2D eigenvalue weighted by Crippen LogP contribution is 2.18. The minimum absolute atomic E-state index is 0.0768. The Morgan fingerprint density at radius 1 is 1.43 bits per heavy atom. The largest absolute Gasteiger partial charge is 0.299 e. The van der Waals surface area contributed by atoms with Gasteiger partial charge in [-0.15, -0.1) is 0 Å². The average molecular weight is 193 g/mol. The molecule has 0 bridgehead atoms. The van der Waals surface area contributed by atoms with Crippen LogP contribution >= 0.6 is 0 Å². The topological polar surface area (TPSA) is 3.24 Å². The molecule has 14 heavy (non-hydrogen) atoms. The summed E-state index contributed by atoms with van der Waals surface area (Å²) in [7, 11) is 0. The standard InChI is InChI=1S/C12H16FN/c1-10-6-7-14(8-10)9-11-4-2-3-5-12(11)13/h2-5,10H,6-9H2,1H3. The molecular weight excluding hydrogens is 177 g/mol. The van der Waals surface area contributed by atoms with Gasteiger partial charge < -0.3 is 0 Å². The van der Waals surface area contributed by atoms with Crippen molar-refractivity contribution in [1.29, 1.82) is 0 Å². The van der Waals surface area contributed by atoms with Gasteiger partial charge >= 0.3 is 0 Å². The molecule has 1 saturated heterocycles. The minimum atomic E-state index is -0.0768. The third-order valence-corrected chi connectivity index (χ3v) is 2.86. The minimum Gasteiger partial charge on any atom is -0.299 e. The van der Waals surface area contributed by atoms with Gasteiger partial charge in [0.25, 0.3) is 0 Å². The van der Waals surface area contributed by atoms with Crippen LogP contribution in [-0.4, -0.2) is 18.0 Å². The third kappa shape index (κ3) is 2.13. The van der Waals surface area contributed by atoms with Crippen LogP contribution < -0.4 is 0 Å². The average Bonchev–Trinajstić information content (AvgIpc) is 2.56. The van der Waals surface area contributed by atoms with E-state index in [2.05, 4.69) is 11.8 Å². The summed E-state index contributed by atoms with van der Waals surface area (Å²) in [5, 5.41) is 0. The first-order valence-corrected chi connectivity index (χ1v) is 5.21. The molecule has 1 unspecified atom stereocenters. The fourth-order valence-electron chi connectivity index (χ4n) is 2.04. The van der Waals surface area contributed by atoms with Crippen LogP contribution in [-0.2, 0) is 6.54 Å². The van der Waals surface area contributed by atoms with E-state index in [9.17, 15) is 4.39 Å². The molecule has 0 N–H and O–H groups in total. The maximum absolute atomic E-state index is 13.3. The molecule has 76 valence electrons. The SMILES string of the molecule is CC1CCN(Cc2ccccc2F)C1. The van der Waals surface area contributed by atoms with Crippen molar-refractivity contribution >= 4 is 0 Å². The number of hydrogen-bond acceptors (Lipinski definition) is 1. The number of rotatable bonds is 2. The van der Waals surface area contributed by atoms with E-state index < -0.39 is 0 Å². The molecule has 1 heterocycles. The lowest BCUT2D eigenvalue weighted by Gasteiger charge is -2.15. The van der Waals surface area contributed by atoms with Crippen LogP contribution in [0.25, 0.3) is 0 Å². The van der Waals surface area contributed by atoms with Crippen molar-refractivity contribution in [3.8, 4) is 0 Å². The van der Waals surface area contributed by atoms with Crippen molar-refractivity contribution in [3.63, 3.8) is 0 Å². The molecule has 2 rings (SSSR count). The summed E-state index contributed by atoms with van der Waals surface area (Å²) in [6.07, 6.45) is 1.24. The lowest BCUT2D eigenvalue weighted by molar-refractivity contribution is 0.315. The third-order valence-electron chi connectivity index (χ3n) is 2.86. The number of benzene rings is 1. The molecule has 1 aromatic carbocycles. The van der Waals surface area contributed by atoms with Crippen LogP contribution in [0, 0.1) is 11.7 Å². The predicted octanol–water partition coefficient (Wildman–Crippen LogP) is 2.67. The van der Waals surface area contributed by atoms with E-state index in [4.69, 9.17) is 0 Å². The second-order valence-electron chi connectivity index (χ2n) is 4.22. The van der Waals surface area contributed by atoms with Crippen molar-refractivity contribution in [2.24, 2.45) is 5.92 Å². The molecule has 1 aromatic rings. The monoisotopic (exact) mass is 193 g/mol. The number of nitrogens with zero attached hydrogens (tertiary/aromatic N) is 1. The smallest absolute Gasteiger partial charge is 0.127 e. The van der Waals surface area contributed by atoms with Gasteiger partial charge in [0.2, 0.25) is 0 Å². The Kier molecular flexibility index (Phi) is 2.82. The van der Waals surface area contributed by atoms with Crippen LogP contribution in [0.4, 0.5) is 4.39 Å². The Bertz CT molecular complexity index is 311. The lowest BCUT2D eigenvalue weighted by atomic mass is 10.2. The van der Waals surface area contributed by atoms with Crippen LogP contribution in [0.2, 0.25) is 0 Å². The van der Waals surface area contributed by atoms with Gasteiger partial charge in [0.15, 0.2) is 0 Å². The van der Waals surface area contributed by atoms with Crippen LogP contribution in [0.5, 0.6) is 0 Å². The summed E-state index contributed by atoms with van der Waals surface area (Å²) in [4.78, 5) is 2.32. The molecule has 0 aromatic heterocycles. The maximum atomic E-state index is 13.3. The zero-order valence-electron chi connectivity index (χ0n) is 8.54. The van der Waals surface area contributed by atoms with Gasteiger partial charge in [0, 0.05) is 18.7 Å². The summed E-state index contributed by atoms with van der Waals surface area (Å²) in [6, 6.07) is 7.05. The quantitative estimate of drug-likeness (QED) is 0.698. The Balaban J connectivity index is 2.01. The van der Waals surface area contributed by atoms with Crippen LogP contribution in [0.1, 0.15) is 18.9 Å². The first kappa shape index (κ1) is 9.66. The van der Waals surface area contributed by atoms with Crippen molar-refractivity contribution in [3.05, 3.63) is 35.6 Å². The Morgan fingerprint density at radius 2 is 2.21 bits per heavy atom. The molecule has 2 heteroatoms. The van der Waals surface area contributed by atoms with E-state index in [1.807, 2.05) is 12.1 Å². The lowest BCUT2D eigenvalue weighted by Crippen LogP contribution is -2.20. The molecule has 1 atom stereocenters. The van der Waals surface area contributed by atoms with Gasteiger partial charge in [-0.05, 0) is 24.9 Å². The first-order chi connectivity index (χ1) is 6.75. The molecule has 1 aliphatic heterocycles. The summed E-state index contributed by atoms with van der Waals surface area (Å²) in [5.41, 5.74) is 0.821. The molecule has 1 aliphatic rings. The number of hydrogen-bond donors (Lipinski definition) is 0. The van der Waals surface area contributed by atoms with Gasteiger partial charge in [-0.1, -0.05) is 25.1 Å². The fourth-order valence-corrected chi connectivity index (χ4v) is 2.04. The molecule has 0 aliphatic carbocycles. The summed E-state index contributed by atoms with van der Waals surface area (Å²) < 4.78 is 13.3. The summed E-state index contributed by atoms with van der Waals surface area (Å²) in [5.74, 6) is 0.689. The van der Waals surface area contributed by atoms with Gasteiger partial charge in [0.05, 0.1) is 0 Å². The van der Waals surface area contributed by atoms with Gasteiger partial charge in [-0.2, -0.15) is 0 Å². The zero-order chi connectivity index (χ0) is 9.97. The second kappa shape index (κ2) is 4.09. The van der Waals surface area contributed by atoms with Gasteiger partial charge in [-0.3, -0.25) is 4.90 Å². The molecular formula is C12H16FN. The van der Waals surface area contributed by atoms with E-state index in [0.29, 0.717) is 0 Å². The number of halogens is 1. The first-order valence-electron chi connectivity index (χ1n) is 5.21. The van der Waals surface area contributed by atoms with E-state index in [0.717, 1.165) is 31.1 Å². The Hall–Kier alpha value is -0.890. The molecule has 1 nitrogen and oxygen atoms in total. The normalized spacial score (nSPS) is 22.9. The second-order valence-corrected chi connectivity index (χ2v) is 4.22. The van der Waals surface area contributed by atoms with Crippen LogP contribution in [0.3, 0.4) is 0 Å². The van der Waals surface area contributed by atoms with Crippen molar-refractivity contribution in [2.45, 2.75) is 19.9 Å². The number of likely N-dealkylation sites (tertiary alicyclic amines) is 1. The Morgan fingerprint density at radius 3 is 2.86 bits per heavy atom. The van der Waals surface area contributed by atoms with Crippen molar-refractivity contribution in [2.75, 3.05) is 13.1 Å². The van der Waals surface area contributed by atoms with Gasteiger partial charge in [0.1, 0.15) is 5.82 Å². The highest BCUT2D eigenvalue weighted by Gasteiger charge is 2.19. The summed E-state index contributed by atoms with van der Waals surface area (Å²) in [6.45, 7) is 5.22. The Labute approximate surface area is 84.5 Å². The van der Waals surface area contributed by atoms with E-state index in [-0.39, 0.29) is 5.82 Å². The molecule has 0 radical (unpaired) electrons. The zero-order valence-corrected chi connectivity index (χ0v) is 8.54. The van der Waals surface area contributed by atoms with Crippen molar-refractivity contribution in [1.82, 2.24) is 4.90 Å². The predicted molar refractivity (Wildman–Crippen MR) is 55.5 cm³/mol. The fraction of sp³-hybridized carbons (Fsp3) is 0.500. The molecule has 0 saturated carbocycles. The van der Waals surface area contributed by atoms with E-state index >= 15 is 0 Å². The van der Waals surface area contributed by atoms with Crippen molar-refractivity contribution < 1.29 is 4.39 Å². The van der Waals surface area contributed by atoms with Gasteiger partial charge in [-0.25, -0.2) is 4.39 Å². The van der Waals surface area contributed by atoms with E-state index in [1.165, 1.54) is 12.5 Å². The maximum Gasteiger partial charge on any atom is 0.127 e. The highest BCUT2D eigenvalue weighted by molar-refractivity contribution is 5.17.